The zero-order valence-electron chi connectivity index (χ0n) is 11.0. The lowest BCUT2D eigenvalue weighted by Crippen LogP contribution is -2.31. The smallest absolute Gasteiger partial charge is 0.319 e. The Labute approximate surface area is 115 Å². The molecule has 1 aromatic rings. The van der Waals surface area contributed by atoms with Crippen LogP contribution in [0.15, 0.2) is 18.2 Å². The number of hydrogen-bond acceptors (Lipinski definition) is 3. The molecule has 0 aromatic heterocycles. The van der Waals surface area contributed by atoms with E-state index in [0.717, 1.165) is 18.6 Å². The summed E-state index contributed by atoms with van der Waals surface area (Å²) in [5, 5.41) is 4.58. The highest BCUT2D eigenvalue weighted by atomic mass is 19.1. The SMILES string of the molecule is CCCOC(=O)CCNC(=O)Nc1ccc(F)cc1F. The monoisotopic (exact) mass is 286 g/mol. The van der Waals surface area contributed by atoms with E-state index in [4.69, 9.17) is 4.74 Å². The third-order valence-corrected chi connectivity index (χ3v) is 2.26. The van der Waals surface area contributed by atoms with Gasteiger partial charge in [0.15, 0.2) is 0 Å². The molecule has 2 amide bonds. The second-order valence-electron chi connectivity index (χ2n) is 3.98. The van der Waals surface area contributed by atoms with E-state index in [1.54, 1.807) is 0 Å². The minimum Gasteiger partial charge on any atom is -0.466 e. The van der Waals surface area contributed by atoms with E-state index in [-0.39, 0.29) is 18.7 Å². The van der Waals surface area contributed by atoms with Crippen molar-refractivity contribution in [2.24, 2.45) is 0 Å². The molecular formula is C13H16F2N2O3. The van der Waals surface area contributed by atoms with Crippen LogP contribution in [-0.2, 0) is 9.53 Å². The van der Waals surface area contributed by atoms with Gasteiger partial charge >= 0.3 is 12.0 Å². The highest BCUT2D eigenvalue weighted by Gasteiger charge is 2.08. The molecule has 0 saturated heterocycles. The average molecular weight is 286 g/mol. The van der Waals surface area contributed by atoms with Crippen LogP contribution >= 0.6 is 0 Å². The summed E-state index contributed by atoms with van der Waals surface area (Å²) in [6, 6.07) is 2.12. The molecule has 20 heavy (non-hydrogen) atoms. The fourth-order valence-electron chi connectivity index (χ4n) is 1.32. The molecule has 0 spiro atoms. The van der Waals surface area contributed by atoms with Crippen LogP contribution in [0.1, 0.15) is 19.8 Å². The van der Waals surface area contributed by atoms with Crippen LogP contribution in [-0.4, -0.2) is 25.2 Å². The Bertz CT molecular complexity index is 481. The third kappa shape index (κ3) is 5.64. The zero-order chi connectivity index (χ0) is 15.0. The maximum atomic E-state index is 13.2. The first-order valence-corrected chi connectivity index (χ1v) is 6.18. The molecule has 0 atom stereocenters. The van der Waals surface area contributed by atoms with Crippen molar-refractivity contribution >= 4 is 17.7 Å². The molecular weight excluding hydrogens is 270 g/mol. The first-order chi connectivity index (χ1) is 9.52. The number of nitrogens with one attached hydrogen (secondary N) is 2. The minimum absolute atomic E-state index is 0.0271. The second-order valence-corrected chi connectivity index (χ2v) is 3.98. The molecule has 0 radical (unpaired) electrons. The normalized spacial score (nSPS) is 9.95. The van der Waals surface area contributed by atoms with Crippen molar-refractivity contribution < 1.29 is 23.1 Å². The van der Waals surface area contributed by atoms with E-state index < -0.39 is 23.6 Å². The lowest BCUT2D eigenvalue weighted by molar-refractivity contribution is -0.143. The molecule has 5 nitrogen and oxygen atoms in total. The zero-order valence-corrected chi connectivity index (χ0v) is 11.0. The van der Waals surface area contributed by atoms with Gasteiger partial charge in [-0.15, -0.1) is 0 Å². The summed E-state index contributed by atoms with van der Waals surface area (Å²) in [7, 11) is 0. The number of carbonyl (C=O) groups excluding carboxylic acids is 2. The maximum Gasteiger partial charge on any atom is 0.319 e. The Hall–Kier alpha value is -2.18. The number of anilines is 1. The summed E-state index contributed by atoms with van der Waals surface area (Å²) in [6.45, 7) is 2.28. The van der Waals surface area contributed by atoms with Crippen molar-refractivity contribution in [1.82, 2.24) is 5.32 Å². The van der Waals surface area contributed by atoms with Gasteiger partial charge < -0.3 is 15.4 Å². The third-order valence-electron chi connectivity index (χ3n) is 2.26. The Morgan fingerprint density at radius 1 is 1.30 bits per heavy atom. The first-order valence-electron chi connectivity index (χ1n) is 6.18. The fraction of sp³-hybridized carbons (Fsp3) is 0.385. The van der Waals surface area contributed by atoms with Gasteiger partial charge in [0.1, 0.15) is 11.6 Å². The number of amides is 2. The van der Waals surface area contributed by atoms with Gasteiger partial charge in [0.25, 0.3) is 0 Å². The van der Waals surface area contributed by atoms with E-state index in [1.807, 2.05) is 6.92 Å². The first kappa shape index (κ1) is 15.9. The number of carbonyl (C=O) groups is 2. The van der Waals surface area contributed by atoms with E-state index >= 15 is 0 Å². The molecule has 1 rings (SSSR count). The molecule has 0 heterocycles. The number of urea groups is 1. The molecule has 1 aromatic carbocycles. The number of halogens is 2. The quantitative estimate of drug-likeness (QED) is 0.789. The molecule has 7 heteroatoms. The second kappa shape index (κ2) is 8.08. The average Bonchev–Trinajstić information content (AvgIpc) is 2.39. The van der Waals surface area contributed by atoms with Crippen molar-refractivity contribution in [2.75, 3.05) is 18.5 Å². The van der Waals surface area contributed by atoms with E-state index in [0.29, 0.717) is 12.7 Å². The molecule has 2 N–H and O–H groups in total. The lowest BCUT2D eigenvalue weighted by Gasteiger charge is -2.08. The highest BCUT2D eigenvalue weighted by Crippen LogP contribution is 2.14. The molecule has 110 valence electrons. The Morgan fingerprint density at radius 3 is 2.70 bits per heavy atom. The van der Waals surface area contributed by atoms with Crippen LogP contribution in [0.3, 0.4) is 0 Å². The van der Waals surface area contributed by atoms with Crippen molar-refractivity contribution in [1.29, 1.82) is 0 Å². The number of esters is 1. The van der Waals surface area contributed by atoms with Crippen LogP contribution in [0.4, 0.5) is 19.3 Å². The summed E-state index contributed by atoms with van der Waals surface area (Å²) in [4.78, 5) is 22.5. The van der Waals surface area contributed by atoms with Crippen LogP contribution in [0.2, 0.25) is 0 Å². The number of benzene rings is 1. The van der Waals surface area contributed by atoms with Gasteiger partial charge in [-0.3, -0.25) is 4.79 Å². The molecule has 0 unspecified atom stereocenters. The van der Waals surface area contributed by atoms with Gasteiger partial charge in [0.2, 0.25) is 0 Å². The van der Waals surface area contributed by atoms with Crippen molar-refractivity contribution in [3.05, 3.63) is 29.8 Å². The highest BCUT2D eigenvalue weighted by molar-refractivity contribution is 5.89. The molecule has 0 bridgehead atoms. The van der Waals surface area contributed by atoms with Gasteiger partial charge in [-0.05, 0) is 18.6 Å². The van der Waals surface area contributed by atoms with Crippen LogP contribution < -0.4 is 10.6 Å². The summed E-state index contributed by atoms with van der Waals surface area (Å²) in [6.07, 6.45) is 0.753. The summed E-state index contributed by atoms with van der Waals surface area (Å²) in [5.74, 6) is -2.02. The van der Waals surface area contributed by atoms with Crippen LogP contribution in [0.25, 0.3) is 0 Å². The van der Waals surface area contributed by atoms with Crippen molar-refractivity contribution in [2.45, 2.75) is 19.8 Å². The van der Waals surface area contributed by atoms with Gasteiger partial charge in [0.05, 0.1) is 18.7 Å². The van der Waals surface area contributed by atoms with E-state index in [2.05, 4.69) is 10.6 Å². The maximum absolute atomic E-state index is 13.2. The number of rotatable bonds is 6. The molecule has 0 saturated carbocycles. The fourth-order valence-corrected chi connectivity index (χ4v) is 1.32. The summed E-state index contributed by atoms with van der Waals surface area (Å²) in [5.41, 5.74) is -0.141. The van der Waals surface area contributed by atoms with Gasteiger partial charge in [-0.25, -0.2) is 13.6 Å². The predicted octanol–water partition coefficient (Wildman–Crippen LogP) is 2.43. The molecule has 0 aliphatic carbocycles. The Kier molecular flexibility index (Phi) is 6.42. The molecule has 0 fully saturated rings. The number of hydrogen-bond donors (Lipinski definition) is 2. The van der Waals surface area contributed by atoms with Gasteiger partial charge in [-0.2, -0.15) is 0 Å². The van der Waals surface area contributed by atoms with Crippen LogP contribution in [0, 0.1) is 11.6 Å². The topological polar surface area (TPSA) is 67.4 Å². The number of ether oxygens (including phenoxy) is 1. The predicted molar refractivity (Wildman–Crippen MR) is 69.2 cm³/mol. The van der Waals surface area contributed by atoms with E-state index in [9.17, 15) is 18.4 Å². The van der Waals surface area contributed by atoms with Crippen LogP contribution in [0.5, 0.6) is 0 Å². The van der Waals surface area contributed by atoms with Gasteiger partial charge in [-0.1, -0.05) is 6.92 Å². The minimum atomic E-state index is -0.873. The Morgan fingerprint density at radius 2 is 2.05 bits per heavy atom. The molecule has 0 aliphatic heterocycles. The van der Waals surface area contributed by atoms with Crippen molar-refractivity contribution in [3.8, 4) is 0 Å². The standard InChI is InChI=1S/C13H16F2N2O3/c1-2-7-20-12(18)5-6-16-13(19)17-11-4-3-9(14)8-10(11)15/h3-4,8H,2,5-7H2,1H3,(H2,16,17,19). The summed E-state index contributed by atoms with van der Waals surface area (Å²) < 4.78 is 30.7. The van der Waals surface area contributed by atoms with Crippen molar-refractivity contribution in [3.63, 3.8) is 0 Å². The van der Waals surface area contributed by atoms with Gasteiger partial charge in [0, 0.05) is 12.6 Å². The lowest BCUT2D eigenvalue weighted by atomic mass is 10.3. The largest absolute Gasteiger partial charge is 0.466 e. The summed E-state index contributed by atoms with van der Waals surface area (Å²) >= 11 is 0. The Balaban J connectivity index is 2.31. The molecule has 0 aliphatic rings. The van der Waals surface area contributed by atoms with E-state index in [1.165, 1.54) is 0 Å².